The lowest BCUT2D eigenvalue weighted by molar-refractivity contribution is 0.0384. The van der Waals surface area contributed by atoms with E-state index >= 15 is 0 Å². The van der Waals surface area contributed by atoms with Crippen molar-refractivity contribution >= 4 is 17.3 Å². The van der Waals surface area contributed by atoms with Gasteiger partial charge in [0.25, 0.3) is 0 Å². The van der Waals surface area contributed by atoms with Crippen molar-refractivity contribution in [3.63, 3.8) is 0 Å². The van der Waals surface area contributed by atoms with Gasteiger partial charge in [-0.05, 0) is 24.1 Å². The quantitative estimate of drug-likeness (QED) is 0.900. The molecule has 4 heteroatoms. The molecule has 1 fully saturated rings. The first-order valence-corrected chi connectivity index (χ1v) is 6.47. The molecule has 94 valence electrons. The van der Waals surface area contributed by atoms with Crippen LogP contribution in [-0.2, 0) is 11.3 Å². The Bertz CT molecular complexity index is 384. The van der Waals surface area contributed by atoms with Crippen molar-refractivity contribution in [2.75, 3.05) is 24.6 Å². The molecular formula is C13H19ClN2O. The van der Waals surface area contributed by atoms with E-state index in [9.17, 15) is 0 Å². The summed E-state index contributed by atoms with van der Waals surface area (Å²) in [5, 5.41) is 0.782. The summed E-state index contributed by atoms with van der Waals surface area (Å²) in [6.45, 7) is 5.26. The van der Waals surface area contributed by atoms with Gasteiger partial charge >= 0.3 is 0 Å². The number of ether oxygens (including phenoxy) is 1. The van der Waals surface area contributed by atoms with Crippen LogP contribution in [0.4, 0.5) is 5.69 Å². The number of rotatable bonds is 3. The molecule has 1 atom stereocenters. The highest BCUT2D eigenvalue weighted by molar-refractivity contribution is 6.33. The minimum atomic E-state index is 0.314. The second-order valence-corrected chi connectivity index (χ2v) is 4.74. The van der Waals surface area contributed by atoms with E-state index in [0.29, 0.717) is 12.6 Å². The van der Waals surface area contributed by atoms with Crippen LogP contribution < -0.4 is 10.6 Å². The summed E-state index contributed by atoms with van der Waals surface area (Å²) in [6, 6.07) is 6.05. The molecule has 1 aromatic rings. The molecule has 1 unspecified atom stereocenters. The van der Waals surface area contributed by atoms with Gasteiger partial charge in [0.05, 0.1) is 23.4 Å². The molecule has 0 bridgehead atoms. The van der Waals surface area contributed by atoms with Gasteiger partial charge < -0.3 is 15.4 Å². The predicted octanol–water partition coefficient (Wildman–Crippen LogP) is 2.41. The Balaban J connectivity index is 2.16. The fourth-order valence-corrected chi connectivity index (χ4v) is 2.44. The number of nitrogens with two attached hydrogens (primary N) is 1. The number of hydrogen-bond donors (Lipinski definition) is 1. The van der Waals surface area contributed by atoms with Crippen LogP contribution in [0.15, 0.2) is 18.2 Å². The Hall–Kier alpha value is -0.770. The summed E-state index contributed by atoms with van der Waals surface area (Å²) in [5.41, 5.74) is 7.76. The molecule has 0 aliphatic carbocycles. The van der Waals surface area contributed by atoms with Gasteiger partial charge in [0, 0.05) is 19.6 Å². The molecular weight excluding hydrogens is 236 g/mol. The number of halogens is 1. The molecule has 0 radical (unpaired) electrons. The van der Waals surface area contributed by atoms with Gasteiger partial charge in [-0.2, -0.15) is 0 Å². The third kappa shape index (κ3) is 2.92. The summed E-state index contributed by atoms with van der Waals surface area (Å²) in [4.78, 5) is 2.29. The third-order valence-corrected chi connectivity index (χ3v) is 3.49. The van der Waals surface area contributed by atoms with Gasteiger partial charge in [0.15, 0.2) is 0 Å². The van der Waals surface area contributed by atoms with E-state index in [-0.39, 0.29) is 0 Å². The second-order valence-electron chi connectivity index (χ2n) is 4.34. The number of anilines is 1. The normalized spacial score (nSPS) is 20.6. The Labute approximate surface area is 107 Å². The van der Waals surface area contributed by atoms with Crippen LogP contribution in [0.2, 0.25) is 5.02 Å². The van der Waals surface area contributed by atoms with Crippen molar-refractivity contribution in [1.82, 2.24) is 0 Å². The fraction of sp³-hybridized carbons (Fsp3) is 0.538. The van der Waals surface area contributed by atoms with E-state index in [1.54, 1.807) is 0 Å². The highest BCUT2D eigenvalue weighted by atomic mass is 35.5. The van der Waals surface area contributed by atoms with Crippen molar-refractivity contribution in [2.45, 2.75) is 26.0 Å². The highest BCUT2D eigenvalue weighted by Gasteiger charge is 2.20. The summed E-state index contributed by atoms with van der Waals surface area (Å²) in [6.07, 6.45) is 1.35. The molecule has 1 aliphatic heterocycles. The maximum atomic E-state index is 6.29. The summed E-state index contributed by atoms with van der Waals surface area (Å²) in [5.74, 6) is 0. The second kappa shape index (κ2) is 5.71. The van der Waals surface area contributed by atoms with Crippen LogP contribution in [0.1, 0.15) is 18.9 Å². The predicted molar refractivity (Wildman–Crippen MR) is 71.6 cm³/mol. The van der Waals surface area contributed by atoms with Gasteiger partial charge in [-0.3, -0.25) is 0 Å². The van der Waals surface area contributed by atoms with E-state index < -0.39 is 0 Å². The van der Waals surface area contributed by atoms with Gasteiger partial charge in [-0.15, -0.1) is 0 Å². The Morgan fingerprint density at radius 2 is 2.35 bits per heavy atom. The molecule has 0 saturated carbocycles. The largest absolute Gasteiger partial charge is 0.375 e. The number of morpholine rings is 1. The average Bonchev–Trinajstić information content (AvgIpc) is 2.38. The van der Waals surface area contributed by atoms with E-state index in [1.165, 1.54) is 0 Å². The zero-order valence-corrected chi connectivity index (χ0v) is 10.9. The lowest BCUT2D eigenvalue weighted by Crippen LogP contribution is -2.42. The minimum Gasteiger partial charge on any atom is -0.375 e. The third-order valence-electron chi connectivity index (χ3n) is 3.18. The first-order valence-electron chi connectivity index (χ1n) is 6.09. The van der Waals surface area contributed by atoms with E-state index in [2.05, 4.69) is 17.9 Å². The molecule has 17 heavy (non-hydrogen) atoms. The van der Waals surface area contributed by atoms with Crippen LogP contribution in [0, 0.1) is 0 Å². The maximum absolute atomic E-state index is 6.29. The monoisotopic (exact) mass is 254 g/mol. The lowest BCUT2D eigenvalue weighted by atomic mass is 10.1. The molecule has 1 aromatic carbocycles. The molecule has 2 N–H and O–H groups in total. The lowest BCUT2D eigenvalue weighted by Gasteiger charge is -2.34. The molecule has 1 aliphatic rings. The number of benzene rings is 1. The Morgan fingerprint density at radius 3 is 3.00 bits per heavy atom. The van der Waals surface area contributed by atoms with Crippen molar-refractivity contribution in [2.24, 2.45) is 5.73 Å². The molecule has 3 nitrogen and oxygen atoms in total. The molecule has 2 rings (SSSR count). The van der Waals surface area contributed by atoms with Gasteiger partial charge in [-0.1, -0.05) is 24.6 Å². The molecule has 1 heterocycles. The average molecular weight is 255 g/mol. The van der Waals surface area contributed by atoms with Crippen LogP contribution in [0.5, 0.6) is 0 Å². The topological polar surface area (TPSA) is 38.5 Å². The Kier molecular flexibility index (Phi) is 4.26. The van der Waals surface area contributed by atoms with Crippen LogP contribution >= 0.6 is 11.6 Å². The summed E-state index contributed by atoms with van der Waals surface area (Å²) < 4.78 is 5.66. The molecule has 1 saturated heterocycles. The van der Waals surface area contributed by atoms with E-state index in [1.807, 2.05) is 12.1 Å². The van der Waals surface area contributed by atoms with Gasteiger partial charge in [0.2, 0.25) is 0 Å². The zero-order valence-electron chi connectivity index (χ0n) is 10.2. The smallest absolute Gasteiger partial charge is 0.0748 e. The van der Waals surface area contributed by atoms with E-state index in [4.69, 9.17) is 22.1 Å². The van der Waals surface area contributed by atoms with Crippen molar-refractivity contribution in [3.05, 3.63) is 28.8 Å². The number of hydrogen-bond acceptors (Lipinski definition) is 3. The van der Waals surface area contributed by atoms with E-state index in [0.717, 1.165) is 42.4 Å². The van der Waals surface area contributed by atoms with Crippen LogP contribution in [0.3, 0.4) is 0 Å². The summed E-state index contributed by atoms with van der Waals surface area (Å²) >= 11 is 6.29. The van der Waals surface area contributed by atoms with Gasteiger partial charge in [0.1, 0.15) is 0 Å². The molecule has 0 spiro atoms. The summed E-state index contributed by atoms with van der Waals surface area (Å²) in [7, 11) is 0. The van der Waals surface area contributed by atoms with Crippen LogP contribution in [-0.4, -0.2) is 25.8 Å². The highest BCUT2D eigenvalue weighted by Crippen LogP contribution is 2.28. The fourth-order valence-electron chi connectivity index (χ4n) is 2.12. The Morgan fingerprint density at radius 1 is 1.53 bits per heavy atom. The maximum Gasteiger partial charge on any atom is 0.0748 e. The van der Waals surface area contributed by atoms with Crippen molar-refractivity contribution < 1.29 is 4.74 Å². The van der Waals surface area contributed by atoms with Crippen molar-refractivity contribution in [1.29, 1.82) is 0 Å². The molecule has 0 amide bonds. The van der Waals surface area contributed by atoms with Crippen LogP contribution in [0.25, 0.3) is 0 Å². The molecule has 0 aromatic heterocycles. The minimum absolute atomic E-state index is 0.314. The standard InChI is InChI=1S/C13H19ClN2O/c1-2-11-9-16(5-6-17-11)13-4-3-10(8-15)7-12(13)14/h3-4,7,11H,2,5-6,8-9,15H2,1H3. The first kappa shape index (κ1) is 12.7. The number of nitrogens with zero attached hydrogens (tertiary/aromatic N) is 1. The SMILES string of the molecule is CCC1CN(c2ccc(CN)cc2Cl)CCO1. The first-order chi connectivity index (χ1) is 8.24. The van der Waals surface area contributed by atoms with Crippen molar-refractivity contribution in [3.8, 4) is 0 Å². The van der Waals surface area contributed by atoms with Gasteiger partial charge in [-0.25, -0.2) is 0 Å². The zero-order chi connectivity index (χ0) is 12.3.